The van der Waals surface area contributed by atoms with Crippen LogP contribution in [0.3, 0.4) is 0 Å². The first-order valence-corrected chi connectivity index (χ1v) is 6.68. The monoisotopic (exact) mass is 227 g/mol. The van der Waals surface area contributed by atoms with E-state index in [1.54, 1.807) is 0 Å². The Labute approximate surface area is 98.9 Å². The Balaban J connectivity index is 1.79. The van der Waals surface area contributed by atoms with Gasteiger partial charge >= 0.3 is 0 Å². The fraction of sp³-hybridized carbons (Fsp3) is 1.00. The van der Waals surface area contributed by atoms with Crippen LogP contribution in [-0.2, 0) is 9.47 Å². The van der Waals surface area contributed by atoms with E-state index in [1.807, 2.05) is 6.92 Å². The highest BCUT2D eigenvalue weighted by Gasteiger charge is 2.38. The van der Waals surface area contributed by atoms with Gasteiger partial charge in [0.15, 0.2) is 0 Å². The summed E-state index contributed by atoms with van der Waals surface area (Å²) in [6.45, 7) is 7.72. The molecular weight excluding hydrogens is 202 g/mol. The molecule has 0 amide bonds. The van der Waals surface area contributed by atoms with Crippen molar-refractivity contribution in [3.8, 4) is 0 Å². The highest BCUT2D eigenvalue weighted by atomic mass is 16.5. The van der Waals surface area contributed by atoms with E-state index < -0.39 is 0 Å². The van der Waals surface area contributed by atoms with E-state index in [-0.39, 0.29) is 11.6 Å². The van der Waals surface area contributed by atoms with Crippen LogP contribution < -0.4 is 5.32 Å². The summed E-state index contributed by atoms with van der Waals surface area (Å²) in [5.74, 6) is 0.841. The van der Waals surface area contributed by atoms with Crippen molar-refractivity contribution in [1.82, 2.24) is 5.32 Å². The van der Waals surface area contributed by atoms with Gasteiger partial charge in [0.25, 0.3) is 0 Å². The summed E-state index contributed by atoms with van der Waals surface area (Å²) < 4.78 is 11.3. The number of morpholine rings is 1. The highest BCUT2D eigenvalue weighted by molar-refractivity contribution is 4.96. The third-order valence-electron chi connectivity index (χ3n) is 3.90. The molecule has 1 spiro atoms. The zero-order chi connectivity index (χ0) is 11.4. The van der Waals surface area contributed by atoms with E-state index in [1.165, 1.54) is 25.7 Å². The maximum absolute atomic E-state index is 5.93. The molecule has 1 heterocycles. The van der Waals surface area contributed by atoms with Gasteiger partial charge in [-0.2, -0.15) is 0 Å². The van der Waals surface area contributed by atoms with Crippen molar-refractivity contribution in [2.45, 2.75) is 51.2 Å². The van der Waals surface area contributed by atoms with E-state index in [9.17, 15) is 0 Å². The Morgan fingerprint density at radius 3 is 3.00 bits per heavy atom. The standard InChI is InChI=1S/C13H25NO2/c1-3-15-9-12-8-14-13(10-16-12)6-4-5-11(2)7-13/h11-12,14H,3-10H2,1-2H3. The van der Waals surface area contributed by atoms with Crippen LogP contribution in [0.4, 0.5) is 0 Å². The first kappa shape index (κ1) is 12.3. The van der Waals surface area contributed by atoms with Crippen LogP contribution in [-0.4, -0.2) is 38.0 Å². The SMILES string of the molecule is CCOCC1CNC2(CCCC(C)C2)CO1. The van der Waals surface area contributed by atoms with Crippen LogP contribution in [0.15, 0.2) is 0 Å². The lowest BCUT2D eigenvalue weighted by atomic mass is 9.76. The fourth-order valence-corrected chi connectivity index (χ4v) is 3.03. The maximum atomic E-state index is 5.93. The average molecular weight is 227 g/mol. The lowest BCUT2D eigenvalue weighted by Gasteiger charge is -2.45. The molecule has 2 fully saturated rings. The molecule has 1 saturated heterocycles. The van der Waals surface area contributed by atoms with Crippen molar-refractivity contribution in [2.24, 2.45) is 5.92 Å². The molecule has 0 aromatic rings. The molecule has 3 unspecified atom stereocenters. The van der Waals surface area contributed by atoms with E-state index in [0.29, 0.717) is 0 Å². The summed E-state index contributed by atoms with van der Waals surface area (Å²) in [5.41, 5.74) is 0.278. The molecule has 1 N–H and O–H groups in total. The summed E-state index contributed by atoms with van der Waals surface area (Å²) in [4.78, 5) is 0. The molecular formula is C13H25NO2. The van der Waals surface area contributed by atoms with Crippen LogP contribution in [0.1, 0.15) is 39.5 Å². The van der Waals surface area contributed by atoms with Crippen molar-refractivity contribution < 1.29 is 9.47 Å². The second-order valence-electron chi connectivity index (χ2n) is 5.46. The van der Waals surface area contributed by atoms with E-state index in [4.69, 9.17) is 9.47 Å². The second-order valence-corrected chi connectivity index (χ2v) is 5.46. The smallest absolute Gasteiger partial charge is 0.0933 e. The van der Waals surface area contributed by atoms with Gasteiger partial charge in [-0.15, -0.1) is 0 Å². The van der Waals surface area contributed by atoms with E-state index >= 15 is 0 Å². The van der Waals surface area contributed by atoms with Crippen LogP contribution >= 0.6 is 0 Å². The molecule has 16 heavy (non-hydrogen) atoms. The van der Waals surface area contributed by atoms with Crippen molar-refractivity contribution in [3.63, 3.8) is 0 Å². The topological polar surface area (TPSA) is 30.5 Å². The van der Waals surface area contributed by atoms with Gasteiger partial charge in [-0.1, -0.05) is 19.8 Å². The Hall–Kier alpha value is -0.120. The van der Waals surface area contributed by atoms with Gasteiger partial charge in [0, 0.05) is 18.7 Å². The summed E-state index contributed by atoms with van der Waals surface area (Å²) in [6, 6.07) is 0. The van der Waals surface area contributed by atoms with Gasteiger partial charge in [-0.05, 0) is 25.7 Å². The fourth-order valence-electron chi connectivity index (χ4n) is 3.03. The van der Waals surface area contributed by atoms with Gasteiger partial charge in [-0.25, -0.2) is 0 Å². The third-order valence-corrected chi connectivity index (χ3v) is 3.90. The lowest BCUT2D eigenvalue weighted by molar-refractivity contribution is -0.0811. The zero-order valence-electron chi connectivity index (χ0n) is 10.6. The molecule has 2 rings (SSSR count). The van der Waals surface area contributed by atoms with Gasteiger partial charge < -0.3 is 14.8 Å². The highest BCUT2D eigenvalue weighted by Crippen LogP contribution is 2.34. The summed E-state index contributed by atoms with van der Waals surface area (Å²) in [7, 11) is 0. The minimum Gasteiger partial charge on any atom is -0.379 e. The molecule has 1 saturated carbocycles. The van der Waals surface area contributed by atoms with Crippen LogP contribution in [0.5, 0.6) is 0 Å². The molecule has 2 aliphatic rings. The van der Waals surface area contributed by atoms with E-state index in [0.717, 1.165) is 32.3 Å². The van der Waals surface area contributed by atoms with Crippen molar-refractivity contribution in [2.75, 3.05) is 26.4 Å². The zero-order valence-corrected chi connectivity index (χ0v) is 10.6. The number of rotatable bonds is 3. The Morgan fingerprint density at radius 2 is 2.38 bits per heavy atom. The van der Waals surface area contributed by atoms with Gasteiger partial charge in [0.2, 0.25) is 0 Å². The molecule has 1 aliphatic heterocycles. The Morgan fingerprint density at radius 1 is 1.50 bits per heavy atom. The van der Waals surface area contributed by atoms with Gasteiger partial charge in [0.05, 0.1) is 19.3 Å². The molecule has 3 heteroatoms. The molecule has 3 atom stereocenters. The molecule has 0 radical (unpaired) electrons. The number of ether oxygens (including phenoxy) is 2. The first-order valence-electron chi connectivity index (χ1n) is 6.68. The summed E-state index contributed by atoms with van der Waals surface area (Å²) in [5, 5.41) is 3.72. The largest absolute Gasteiger partial charge is 0.379 e. The normalized spacial score (nSPS) is 40.1. The van der Waals surface area contributed by atoms with Gasteiger partial charge in [0.1, 0.15) is 0 Å². The van der Waals surface area contributed by atoms with Crippen molar-refractivity contribution in [3.05, 3.63) is 0 Å². The first-order chi connectivity index (χ1) is 7.74. The summed E-state index contributed by atoms with van der Waals surface area (Å²) >= 11 is 0. The lowest BCUT2D eigenvalue weighted by Crippen LogP contribution is -2.59. The Kier molecular flexibility index (Phi) is 4.22. The Bertz CT molecular complexity index is 212. The minimum absolute atomic E-state index is 0.253. The molecule has 0 bridgehead atoms. The number of nitrogens with one attached hydrogen (secondary N) is 1. The minimum atomic E-state index is 0.253. The van der Waals surface area contributed by atoms with E-state index in [2.05, 4.69) is 12.2 Å². The summed E-state index contributed by atoms with van der Waals surface area (Å²) in [6.07, 6.45) is 5.52. The number of hydrogen-bond acceptors (Lipinski definition) is 3. The van der Waals surface area contributed by atoms with Crippen molar-refractivity contribution in [1.29, 1.82) is 0 Å². The van der Waals surface area contributed by atoms with Crippen LogP contribution in [0.2, 0.25) is 0 Å². The predicted molar refractivity (Wildman–Crippen MR) is 64.6 cm³/mol. The van der Waals surface area contributed by atoms with Crippen LogP contribution in [0, 0.1) is 5.92 Å². The average Bonchev–Trinajstić information content (AvgIpc) is 2.28. The maximum Gasteiger partial charge on any atom is 0.0933 e. The van der Waals surface area contributed by atoms with Crippen molar-refractivity contribution >= 4 is 0 Å². The quantitative estimate of drug-likeness (QED) is 0.799. The molecule has 94 valence electrons. The molecule has 0 aromatic heterocycles. The second kappa shape index (κ2) is 5.48. The molecule has 1 aliphatic carbocycles. The predicted octanol–water partition coefficient (Wildman–Crippen LogP) is 1.96. The third kappa shape index (κ3) is 2.96. The number of hydrogen-bond donors (Lipinski definition) is 1. The van der Waals surface area contributed by atoms with Gasteiger partial charge in [-0.3, -0.25) is 0 Å². The molecule has 3 nitrogen and oxygen atoms in total. The molecule has 0 aromatic carbocycles. The van der Waals surface area contributed by atoms with Crippen LogP contribution in [0.25, 0.3) is 0 Å².